The lowest BCUT2D eigenvalue weighted by Crippen LogP contribution is -2.12. The fourth-order valence-electron chi connectivity index (χ4n) is 2.36. The first-order chi connectivity index (χ1) is 9.60. The SMILES string of the molecule is Cc1cccc(CCc2nnc(CBr)n2CC(C)C)c1. The van der Waals surface area contributed by atoms with Crippen molar-refractivity contribution in [3.05, 3.63) is 47.0 Å². The molecule has 0 fully saturated rings. The molecular formula is C16H22BrN3. The second-order valence-electron chi connectivity index (χ2n) is 5.66. The van der Waals surface area contributed by atoms with Crippen molar-refractivity contribution in [2.24, 2.45) is 5.92 Å². The molecule has 0 aliphatic heterocycles. The van der Waals surface area contributed by atoms with Gasteiger partial charge in [0, 0.05) is 13.0 Å². The molecule has 0 N–H and O–H groups in total. The van der Waals surface area contributed by atoms with Crippen LogP contribution < -0.4 is 0 Å². The number of rotatable bonds is 6. The van der Waals surface area contributed by atoms with Crippen LogP contribution in [-0.2, 0) is 24.7 Å². The van der Waals surface area contributed by atoms with Crippen LogP contribution in [0.2, 0.25) is 0 Å². The number of hydrogen-bond acceptors (Lipinski definition) is 2. The Morgan fingerprint density at radius 3 is 2.55 bits per heavy atom. The van der Waals surface area contributed by atoms with Gasteiger partial charge in [0.15, 0.2) is 0 Å². The van der Waals surface area contributed by atoms with Gasteiger partial charge in [0.2, 0.25) is 0 Å². The number of aromatic nitrogens is 3. The molecule has 2 aromatic rings. The van der Waals surface area contributed by atoms with E-state index in [1.165, 1.54) is 11.1 Å². The minimum atomic E-state index is 0.599. The summed E-state index contributed by atoms with van der Waals surface area (Å²) in [6, 6.07) is 8.68. The van der Waals surface area contributed by atoms with Crippen molar-refractivity contribution in [1.82, 2.24) is 14.8 Å². The summed E-state index contributed by atoms with van der Waals surface area (Å²) in [6.07, 6.45) is 1.95. The third-order valence-corrected chi connectivity index (χ3v) is 3.79. The number of alkyl halides is 1. The largest absolute Gasteiger partial charge is 0.314 e. The van der Waals surface area contributed by atoms with E-state index in [-0.39, 0.29) is 0 Å². The van der Waals surface area contributed by atoms with Gasteiger partial charge in [0.05, 0.1) is 5.33 Å². The zero-order valence-electron chi connectivity index (χ0n) is 12.4. The lowest BCUT2D eigenvalue weighted by Gasteiger charge is -2.12. The number of halogens is 1. The maximum Gasteiger partial charge on any atom is 0.143 e. The van der Waals surface area contributed by atoms with Crippen LogP contribution in [0, 0.1) is 12.8 Å². The van der Waals surface area contributed by atoms with Crippen LogP contribution in [0.25, 0.3) is 0 Å². The van der Waals surface area contributed by atoms with E-state index in [0.29, 0.717) is 5.92 Å². The summed E-state index contributed by atoms with van der Waals surface area (Å²) in [6.45, 7) is 7.56. The monoisotopic (exact) mass is 335 g/mol. The van der Waals surface area contributed by atoms with E-state index < -0.39 is 0 Å². The summed E-state index contributed by atoms with van der Waals surface area (Å²) in [5, 5.41) is 9.41. The third kappa shape index (κ3) is 3.92. The predicted octanol–water partition coefficient (Wildman–Crippen LogP) is 3.92. The smallest absolute Gasteiger partial charge is 0.143 e. The van der Waals surface area contributed by atoms with Crippen molar-refractivity contribution in [2.45, 2.75) is 45.5 Å². The first kappa shape index (κ1) is 15.2. The fraction of sp³-hybridized carbons (Fsp3) is 0.500. The van der Waals surface area contributed by atoms with E-state index in [2.05, 4.69) is 75.7 Å². The van der Waals surface area contributed by atoms with Gasteiger partial charge in [-0.1, -0.05) is 59.6 Å². The van der Waals surface area contributed by atoms with Gasteiger partial charge in [-0.05, 0) is 24.8 Å². The van der Waals surface area contributed by atoms with Crippen LogP contribution in [0.3, 0.4) is 0 Å². The first-order valence-electron chi connectivity index (χ1n) is 7.12. The molecule has 108 valence electrons. The van der Waals surface area contributed by atoms with Gasteiger partial charge in [-0.2, -0.15) is 0 Å². The van der Waals surface area contributed by atoms with Gasteiger partial charge in [-0.25, -0.2) is 0 Å². The topological polar surface area (TPSA) is 30.7 Å². The minimum Gasteiger partial charge on any atom is -0.314 e. The highest BCUT2D eigenvalue weighted by Gasteiger charge is 2.12. The molecule has 0 saturated carbocycles. The summed E-state index contributed by atoms with van der Waals surface area (Å²) in [7, 11) is 0. The molecular weight excluding hydrogens is 314 g/mol. The number of nitrogens with zero attached hydrogens (tertiary/aromatic N) is 3. The lowest BCUT2D eigenvalue weighted by molar-refractivity contribution is 0.496. The van der Waals surface area contributed by atoms with E-state index in [4.69, 9.17) is 0 Å². The molecule has 0 unspecified atom stereocenters. The van der Waals surface area contributed by atoms with E-state index in [1.54, 1.807) is 0 Å². The highest BCUT2D eigenvalue weighted by molar-refractivity contribution is 9.08. The summed E-state index contributed by atoms with van der Waals surface area (Å²) < 4.78 is 2.26. The Balaban J connectivity index is 2.11. The van der Waals surface area contributed by atoms with Gasteiger partial charge in [-0.3, -0.25) is 0 Å². The van der Waals surface area contributed by atoms with E-state index in [1.807, 2.05) is 0 Å². The van der Waals surface area contributed by atoms with Crippen molar-refractivity contribution in [3.63, 3.8) is 0 Å². The van der Waals surface area contributed by atoms with Crippen molar-refractivity contribution < 1.29 is 0 Å². The molecule has 0 atom stereocenters. The molecule has 0 saturated heterocycles. The standard InChI is InChI=1S/C16H22BrN3/c1-12(2)11-20-15(18-19-16(20)10-17)8-7-14-6-4-5-13(3)9-14/h4-6,9,12H,7-8,10-11H2,1-3H3. The number of aryl methyl sites for hydroxylation is 3. The zero-order valence-corrected chi connectivity index (χ0v) is 14.0. The summed E-state index contributed by atoms with van der Waals surface area (Å²) in [5.74, 6) is 2.72. The Kier molecular flexibility index (Phi) is 5.35. The van der Waals surface area contributed by atoms with Crippen LogP contribution >= 0.6 is 15.9 Å². The van der Waals surface area contributed by atoms with E-state index in [0.717, 1.165) is 36.4 Å². The molecule has 3 nitrogen and oxygen atoms in total. The Hall–Kier alpha value is -1.16. The fourth-order valence-corrected chi connectivity index (χ4v) is 2.77. The molecule has 0 bridgehead atoms. The Morgan fingerprint density at radius 1 is 1.15 bits per heavy atom. The first-order valence-corrected chi connectivity index (χ1v) is 8.24. The average Bonchev–Trinajstić information content (AvgIpc) is 2.78. The summed E-state index contributed by atoms with van der Waals surface area (Å²) in [5.41, 5.74) is 2.68. The van der Waals surface area contributed by atoms with Gasteiger partial charge in [-0.15, -0.1) is 10.2 Å². The maximum absolute atomic E-state index is 4.36. The van der Waals surface area contributed by atoms with Crippen molar-refractivity contribution in [2.75, 3.05) is 0 Å². The van der Waals surface area contributed by atoms with E-state index in [9.17, 15) is 0 Å². The minimum absolute atomic E-state index is 0.599. The zero-order chi connectivity index (χ0) is 14.5. The lowest BCUT2D eigenvalue weighted by atomic mass is 10.1. The van der Waals surface area contributed by atoms with Crippen molar-refractivity contribution in [3.8, 4) is 0 Å². The predicted molar refractivity (Wildman–Crippen MR) is 86.1 cm³/mol. The van der Waals surface area contributed by atoms with Gasteiger partial charge < -0.3 is 4.57 Å². The van der Waals surface area contributed by atoms with Crippen LogP contribution in [0.15, 0.2) is 24.3 Å². The van der Waals surface area contributed by atoms with Crippen LogP contribution in [0.5, 0.6) is 0 Å². The highest BCUT2D eigenvalue weighted by Crippen LogP contribution is 2.13. The van der Waals surface area contributed by atoms with Gasteiger partial charge in [0.25, 0.3) is 0 Å². The molecule has 0 spiro atoms. The molecule has 0 aliphatic rings. The number of hydrogen-bond donors (Lipinski definition) is 0. The normalized spacial score (nSPS) is 11.2. The van der Waals surface area contributed by atoms with Crippen molar-refractivity contribution >= 4 is 15.9 Å². The highest BCUT2D eigenvalue weighted by atomic mass is 79.9. The Labute approximate surface area is 129 Å². The van der Waals surface area contributed by atoms with Crippen molar-refractivity contribution in [1.29, 1.82) is 0 Å². The maximum atomic E-state index is 4.36. The Bertz CT molecular complexity index is 561. The second-order valence-corrected chi connectivity index (χ2v) is 6.22. The Morgan fingerprint density at radius 2 is 1.90 bits per heavy atom. The van der Waals surface area contributed by atoms with Crippen LogP contribution in [0.4, 0.5) is 0 Å². The van der Waals surface area contributed by atoms with Gasteiger partial charge >= 0.3 is 0 Å². The molecule has 0 radical (unpaired) electrons. The quantitative estimate of drug-likeness (QED) is 0.749. The van der Waals surface area contributed by atoms with Crippen LogP contribution in [0.1, 0.15) is 36.6 Å². The molecule has 1 aromatic heterocycles. The summed E-state index contributed by atoms with van der Waals surface area (Å²) >= 11 is 3.49. The molecule has 2 rings (SSSR count). The number of benzene rings is 1. The molecule has 0 amide bonds. The average molecular weight is 336 g/mol. The summed E-state index contributed by atoms with van der Waals surface area (Å²) in [4.78, 5) is 0. The molecule has 1 aromatic carbocycles. The molecule has 1 heterocycles. The molecule has 4 heteroatoms. The third-order valence-electron chi connectivity index (χ3n) is 3.29. The van der Waals surface area contributed by atoms with Crippen LogP contribution in [-0.4, -0.2) is 14.8 Å². The second kappa shape index (κ2) is 7.02. The molecule has 20 heavy (non-hydrogen) atoms. The van der Waals surface area contributed by atoms with E-state index >= 15 is 0 Å². The molecule has 0 aliphatic carbocycles. The van der Waals surface area contributed by atoms with Gasteiger partial charge in [0.1, 0.15) is 11.6 Å².